The van der Waals surface area contributed by atoms with Crippen LogP contribution in [0, 0.1) is 0 Å². The molecule has 0 N–H and O–H groups in total. The van der Waals surface area contributed by atoms with Crippen LogP contribution in [0.25, 0.3) is 0 Å². The number of hydrogen-bond acceptors (Lipinski definition) is 8. The number of ether oxygens (including phenoxy) is 4. The summed E-state index contributed by atoms with van der Waals surface area (Å²) >= 11 is 0. The zero-order chi connectivity index (χ0) is 25.7. The number of benzene rings is 2. The molecule has 8 nitrogen and oxygen atoms in total. The zero-order valence-electron chi connectivity index (χ0n) is 21.5. The zero-order valence-corrected chi connectivity index (χ0v) is 21.5. The average Bonchev–Trinajstić information content (AvgIpc) is 3.54. The number of esters is 2. The van der Waals surface area contributed by atoms with E-state index in [1.165, 1.54) is 0 Å². The molecule has 0 saturated carbocycles. The fourth-order valence-electron chi connectivity index (χ4n) is 5.02. The topological polar surface area (TPSA) is 77.5 Å². The van der Waals surface area contributed by atoms with E-state index in [0.717, 1.165) is 49.9 Å². The van der Waals surface area contributed by atoms with Crippen LogP contribution < -0.4 is 9.47 Å². The molecule has 0 amide bonds. The van der Waals surface area contributed by atoms with Crippen molar-refractivity contribution >= 4 is 11.9 Å². The highest BCUT2D eigenvalue weighted by Crippen LogP contribution is 2.38. The van der Waals surface area contributed by atoms with Crippen molar-refractivity contribution in [2.24, 2.45) is 0 Å². The lowest BCUT2D eigenvalue weighted by Gasteiger charge is -2.31. The monoisotopic (exact) mass is 496 g/mol. The lowest BCUT2D eigenvalue weighted by molar-refractivity contribution is -0.175. The minimum absolute atomic E-state index is 0.316. The molecule has 36 heavy (non-hydrogen) atoms. The molecule has 2 aromatic rings. The summed E-state index contributed by atoms with van der Waals surface area (Å²) in [6, 6.07) is 14.0. The third kappa shape index (κ3) is 5.82. The normalized spacial score (nSPS) is 22.1. The van der Waals surface area contributed by atoms with E-state index < -0.39 is 12.2 Å². The Balaban J connectivity index is 1.71. The van der Waals surface area contributed by atoms with E-state index in [1.54, 1.807) is 14.2 Å². The van der Waals surface area contributed by atoms with Gasteiger partial charge in [0, 0.05) is 0 Å². The van der Waals surface area contributed by atoms with Gasteiger partial charge in [-0.1, -0.05) is 24.3 Å². The Bertz CT molecular complexity index is 942. The maximum Gasteiger partial charge on any atom is 0.324 e. The van der Waals surface area contributed by atoms with Crippen molar-refractivity contribution < 1.29 is 28.5 Å². The molecule has 4 rings (SSSR count). The standard InChI is InChI=1S/C28H36N2O6/c1-29-17-5-7-23(29)27(31)35-25(19-9-13-21(33-3)14-10-19)26(20-11-15-22(34-4)16-12-20)36-28(32)24-8-6-18-30(24)2/h9-16,23-26H,5-8,17-18H2,1-4H3/t23-,24-,25-,26-/m0/s1. The second-order valence-electron chi connectivity index (χ2n) is 9.54. The Morgan fingerprint density at radius 2 is 1.06 bits per heavy atom. The molecule has 0 bridgehead atoms. The smallest absolute Gasteiger partial charge is 0.324 e. The van der Waals surface area contributed by atoms with Crippen molar-refractivity contribution in [2.45, 2.75) is 50.0 Å². The van der Waals surface area contributed by atoms with Crippen molar-refractivity contribution in [2.75, 3.05) is 41.4 Å². The summed E-state index contributed by atoms with van der Waals surface area (Å²) in [5, 5.41) is 0. The van der Waals surface area contributed by atoms with Gasteiger partial charge < -0.3 is 18.9 Å². The minimum atomic E-state index is -0.832. The van der Waals surface area contributed by atoms with Gasteiger partial charge in [0.15, 0.2) is 12.2 Å². The lowest BCUT2D eigenvalue weighted by atomic mass is 9.97. The van der Waals surface area contributed by atoms with Crippen molar-refractivity contribution in [1.29, 1.82) is 0 Å². The Labute approximate surface area is 213 Å². The molecule has 194 valence electrons. The highest BCUT2D eigenvalue weighted by atomic mass is 16.6. The number of carbonyl (C=O) groups is 2. The Morgan fingerprint density at radius 3 is 1.33 bits per heavy atom. The number of nitrogens with zero attached hydrogens (tertiary/aromatic N) is 2. The largest absolute Gasteiger partial charge is 0.497 e. The Kier molecular flexibility index (Phi) is 8.48. The molecule has 2 aromatic carbocycles. The predicted molar refractivity (Wildman–Crippen MR) is 135 cm³/mol. The number of hydrogen-bond donors (Lipinski definition) is 0. The molecule has 0 aliphatic carbocycles. The van der Waals surface area contributed by atoms with Gasteiger partial charge in [-0.3, -0.25) is 19.4 Å². The number of carbonyl (C=O) groups excluding carboxylic acids is 2. The highest BCUT2D eigenvalue weighted by molar-refractivity contribution is 5.77. The second kappa shape index (κ2) is 11.8. The van der Waals surface area contributed by atoms with Gasteiger partial charge in [-0.15, -0.1) is 0 Å². The van der Waals surface area contributed by atoms with E-state index in [1.807, 2.05) is 72.4 Å². The van der Waals surface area contributed by atoms with Gasteiger partial charge in [0.05, 0.1) is 14.2 Å². The van der Waals surface area contributed by atoms with Crippen LogP contribution in [0.1, 0.15) is 49.0 Å². The fourth-order valence-corrected chi connectivity index (χ4v) is 5.02. The summed E-state index contributed by atoms with van der Waals surface area (Å²) < 4.78 is 23.0. The number of rotatable bonds is 9. The third-order valence-electron chi connectivity index (χ3n) is 7.23. The SMILES string of the molecule is COc1ccc([C@H](OC(=O)[C@@H]2CCCN2C)[C@@H](OC(=O)[C@@H]2CCCN2C)c2ccc(OC)cc2)cc1. The van der Waals surface area contributed by atoms with Crippen LogP contribution in [0.5, 0.6) is 11.5 Å². The molecule has 2 fully saturated rings. The summed E-state index contributed by atoms with van der Waals surface area (Å²) in [4.78, 5) is 30.7. The van der Waals surface area contributed by atoms with Crippen LogP contribution >= 0.6 is 0 Å². The summed E-state index contributed by atoms with van der Waals surface area (Å²) in [6.07, 6.45) is 1.69. The van der Waals surface area contributed by atoms with Gasteiger partial charge in [0.2, 0.25) is 0 Å². The van der Waals surface area contributed by atoms with Gasteiger partial charge in [-0.2, -0.15) is 0 Å². The van der Waals surface area contributed by atoms with E-state index in [2.05, 4.69) is 0 Å². The van der Waals surface area contributed by atoms with Gasteiger partial charge in [0.25, 0.3) is 0 Å². The van der Waals surface area contributed by atoms with Crippen LogP contribution in [0.4, 0.5) is 0 Å². The number of likely N-dealkylation sites (N-methyl/N-ethyl adjacent to an activating group) is 2. The molecule has 0 spiro atoms. The summed E-state index contributed by atoms with van der Waals surface area (Å²) in [7, 11) is 7.06. The van der Waals surface area contributed by atoms with Crippen molar-refractivity contribution in [3.05, 3.63) is 59.7 Å². The van der Waals surface area contributed by atoms with Gasteiger partial charge in [0.1, 0.15) is 23.6 Å². The van der Waals surface area contributed by atoms with Crippen molar-refractivity contribution in [3.63, 3.8) is 0 Å². The maximum atomic E-state index is 13.3. The van der Waals surface area contributed by atoms with Crippen LogP contribution in [0.15, 0.2) is 48.5 Å². The van der Waals surface area contributed by atoms with Gasteiger partial charge in [-0.05, 0) is 88.3 Å². The van der Waals surface area contributed by atoms with Crippen LogP contribution in [0.2, 0.25) is 0 Å². The first-order chi connectivity index (χ1) is 17.4. The number of likely N-dealkylation sites (tertiary alicyclic amines) is 2. The van der Waals surface area contributed by atoms with E-state index >= 15 is 0 Å². The fraction of sp³-hybridized carbons (Fsp3) is 0.500. The second-order valence-corrected chi connectivity index (χ2v) is 9.54. The molecule has 4 atom stereocenters. The molecule has 0 unspecified atom stereocenters. The van der Waals surface area contributed by atoms with Crippen molar-refractivity contribution in [1.82, 2.24) is 9.80 Å². The molecule has 2 saturated heterocycles. The first-order valence-electron chi connectivity index (χ1n) is 12.5. The number of methoxy groups -OCH3 is 2. The summed E-state index contributed by atoms with van der Waals surface area (Å²) in [6.45, 7) is 1.69. The van der Waals surface area contributed by atoms with Gasteiger partial charge >= 0.3 is 11.9 Å². The molecule has 2 aliphatic heterocycles. The van der Waals surface area contributed by atoms with Crippen molar-refractivity contribution in [3.8, 4) is 11.5 Å². The highest BCUT2D eigenvalue weighted by Gasteiger charge is 2.38. The van der Waals surface area contributed by atoms with Crippen LogP contribution in [-0.4, -0.2) is 75.2 Å². The molecule has 0 radical (unpaired) electrons. The molecular weight excluding hydrogens is 460 g/mol. The van der Waals surface area contributed by atoms with E-state index in [0.29, 0.717) is 11.5 Å². The quantitative estimate of drug-likeness (QED) is 0.486. The van der Waals surface area contributed by atoms with Crippen LogP contribution in [0.3, 0.4) is 0 Å². The minimum Gasteiger partial charge on any atom is -0.497 e. The lowest BCUT2D eigenvalue weighted by Crippen LogP contribution is -2.38. The molecule has 8 heteroatoms. The molecule has 2 aliphatic rings. The molecule has 2 heterocycles. The van der Waals surface area contributed by atoms with Crippen LogP contribution in [-0.2, 0) is 19.1 Å². The average molecular weight is 497 g/mol. The summed E-state index contributed by atoms with van der Waals surface area (Å²) in [5.41, 5.74) is 1.44. The van der Waals surface area contributed by atoms with E-state index in [4.69, 9.17) is 18.9 Å². The maximum absolute atomic E-state index is 13.3. The molecular formula is C28H36N2O6. The Hall–Kier alpha value is -3.10. The Morgan fingerprint density at radius 1 is 0.694 bits per heavy atom. The molecule has 0 aromatic heterocycles. The first kappa shape index (κ1) is 26.0. The predicted octanol–water partition coefficient (Wildman–Crippen LogP) is 3.76. The van der Waals surface area contributed by atoms with Gasteiger partial charge in [-0.25, -0.2) is 0 Å². The van der Waals surface area contributed by atoms with E-state index in [-0.39, 0.29) is 24.0 Å². The first-order valence-corrected chi connectivity index (χ1v) is 12.5. The summed E-state index contributed by atoms with van der Waals surface area (Å²) in [5.74, 6) is 0.738. The third-order valence-corrected chi connectivity index (χ3v) is 7.23. The van der Waals surface area contributed by atoms with E-state index in [9.17, 15) is 9.59 Å².